The standard InChI is InChI=1S/C17H20N2O/c1-13-7-9-15(10-8-13)11-19-17(20)12-18-16-6-4-3-5-14(16)2/h3-10,18H,11-12H2,1-2H3,(H,19,20). The molecule has 2 aromatic carbocycles. The lowest BCUT2D eigenvalue weighted by Crippen LogP contribution is -2.29. The highest BCUT2D eigenvalue weighted by molar-refractivity contribution is 5.80. The second kappa shape index (κ2) is 6.75. The molecule has 2 N–H and O–H groups in total. The van der Waals surface area contributed by atoms with Crippen molar-refractivity contribution in [1.29, 1.82) is 0 Å². The third-order valence-electron chi connectivity index (χ3n) is 3.19. The Hall–Kier alpha value is -2.29. The average Bonchev–Trinajstić information content (AvgIpc) is 2.46. The van der Waals surface area contributed by atoms with E-state index >= 15 is 0 Å². The maximum absolute atomic E-state index is 11.8. The van der Waals surface area contributed by atoms with Gasteiger partial charge >= 0.3 is 0 Å². The number of anilines is 1. The first-order chi connectivity index (χ1) is 9.65. The topological polar surface area (TPSA) is 41.1 Å². The number of benzene rings is 2. The van der Waals surface area contributed by atoms with Gasteiger partial charge in [-0.1, -0.05) is 48.0 Å². The molecule has 3 heteroatoms. The van der Waals surface area contributed by atoms with Gasteiger partial charge in [0.25, 0.3) is 0 Å². The number of rotatable bonds is 5. The summed E-state index contributed by atoms with van der Waals surface area (Å²) in [6.45, 7) is 4.92. The lowest BCUT2D eigenvalue weighted by Gasteiger charge is -2.10. The van der Waals surface area contributed by atoms with E-state index in [9.17, 15) is 4.79 Å². The molecule has 0 unspecified atom stereocenters. The molecule has 0 aliphatic carbocycles. The number of amides is 1. The van der Waals surface area contributed by atoms with Crippen LogP contribution in [0.3, 0.4) is 0 Å². The molecule has 0 aliphatic rings. The number of nitrogens with one attached hydrogen (secondary N) is 2. The van der Waals surface area contributed by atoms with Crippen LogP contribution in [0, 0.1) is 13.8 Å². The van der Waals surface area contributed by atoms with Crippen LogP contribution >= 0.6 is 0 Å². The van der Waals surface area contributed by atoms with Gasteiger partial charge in [0, 0.05) is 12.2 Å². The first kappa shape index (κ1) is 14.1. The maximum atomic E-state index is 11.8. The number of aryl methyl sites for hydroxylation is 2. The molecule has 0 aromatic heterocycles. The highest BCUT2D eigenvalue weighted by Crippen LogP contribution is 2.12. The van der Waals surface area contributed by atoms with Crippen LogP contribution in [-0.2, 0) is 11.3 Å². The molecule has 20 heavy (non-hydrogen) atoms. The fraction of sp³-hybridized carbons (Fsp3) is 0.235. The van der Waals surface area contributed by atoms with E-state index in [1.807, 2.05) is 55.5 Å². The Labute approximate surface area is 120 Å². The molecule has 0 saturated heterocycles. The Kier molecular flexibility index (Phi) is 4.77. The van der Waals surface area contributed by atoms with Crippen LogP contribution in [0.5, 0.6) is 0 Å². The second-order valence-electron chi connectivity index (χ2n) is 4.93. The third-order valence-corrected chi connectivity index (χ3v) is 3.19. The fourth-order valence-corrected chi connectivity index (χ4v) is 1.92. The molecular formula is C17H20N2O. The SMILES string of the molecule is Cc1ccc(CNC(=O)CNc2ccccc2C)cc1. The summed E-state index contributed by atoms with van der Waals surface area (Å²) < 4.78 is 0. The number of hydrogen-bond acceptors (Lipinski definition) is 2. The predicted octanol–water partition coefficient (Wildman–Crippen LogP) is 3.03. The van der Waals surface area contributed by atoms with E-state index < -0.39 is 0 Å². The van der Waals surface area contributed by atoms with Crippen molar-refractivity contribution in [3.05, 3.63) is 65.2 Å². The summed E-state index contributed by atoms with van der Waals surface area (Å²) in [4.78, 5) is 11.8. The molecule has 0 fully saturated rings. The van der Waals surface area contributed by atoms with Crippen molar-refractivity contribution in [3.63, 3.8) is 0 Å². The average molecular weight is 268 g/mol. The third kappa shape index (κ3) is 4.12. The lowest BCUT2D eigenvalue weighted by atomic mass is 10.1. The zero-order chi connectivity index (χ0) is 14.4. The van der Waals surface area contributed by atoms with Gasteiger partial charge in [-0.3, -0.25) is 4.79 Å². The summed E-state index contributed by atoms with van der Waals surface area (Å²) in [7, 11) is 0. The van der Waals surface area contributed by atoms with Crippen LogP contribution in [-0.4, -0.2) is 12.5 Å². The first-order valence-corrected chi connectivity index (χ1v) is 6.77. The van der Waals surface area contributed by atoms with E-state index in [2.05, 4.69) is 17.6 Å². The summed E-state index contributed by atoms with van der Waals surface area (Å²) in [5.41, 5.74) is 4.47. The first-order valence-electron chi connectivity index (χ1n) is 6.77. The van der Waals surface area contributed by atoms with E-state index in [1.54, 1.807) is 0 Å². The van der Waals surface area contributed by atoms with Crippen LogP contribution in [0.25, 0.3) is 0 Å². The van der Waals surface area contributed by atoms with Crippen molar-refractivity contribution < 1.29 is 4.79 Å². The summed E-state index contributed by atoms with van der Waals surface area (Å²) in [5.74, 6) is -0.00571. The second-order valence-corrected chi connectivity index (χ2v) is 4.93. The number of carbonyl (C=O) groups excluding carboxylic acids is 1. The Morgan fingerprint density at radius 3 is 2.40 bits per heavy atom. The molecule has 2 rings (SSSR count). The van der Waals surface area contributed by atoms with Crippen LogP contribution < -0.4 is 10.6 Å². The monoisotopic (exact) mass is 268 g/mol. The molecule has 0 saturated carbocycles. The van der Waals surface area contributed by atoms with Crippen molar-refractivity contribution in [1.82, 2.24) is 5.32 Å². The van der Waals surface area contributed by atoms with E-state index in [-0.39, 0.29) is 12.5 Å². The minimum atomic E-state index is -0.00571. The van der Waals surface area contributed by atoms with Crippen LogP contribution in [0.15, 0.2) is 48.5 Å². The summed E-state index contributed by atoms with van der Waals surface area (Å²) in [5, 5.41) is 6.05. The lowest BCUT2D eigenvalue weighted by molar-refractivity contribution is -0.119. The van der Waals surface area contributed by atoms with Crippen molar-refractivity contribution in [2.24, 2.45) is 0 Å². The molecule has 0 atom stereocenters. The smallest absolute Gasteiger partial charge is 0.239 e. The zero-order valence-corrected chi connectivity index (χ0v) is 11.9. The number of carbonyl (C=O) groups is 1. The molecule has 0 spiro atoms. The van der Waals surface area contributed by atoms with Crippen LogP contribution in [0.1, 0.15) is 16.7 Å². The molecule has 0 bridgehead atoms. The Morgan fingerprint density at radius 1 is 1.00 bits per heavy atom. The van der Waals surface area contributed by atoms with Gasteiger partial charge < -0.3 is 10.6 Å². The van der Waals surface area contributed by atoms with Crippen LogP contribution in [0.2, 0.25) is 0 Å². The Morgan fingerprint density at radius 2 is 1.70 bits per heavy atom. The van der Waals surface area contributed by atoms with Crippen molar-refractivity contribution in [2.75, 3.05) is 11.9 Å². The van der Waals surface area contributed by atoms with Gasteiger partial charge in [0.15, 0.2) is 0 Å². The van der Waals surface area contributed by atoms with Gasteiger partial charge in [-0.2, -0.15) is 0 Å². The largest absolute Gasteiger partial charge is 0.376 e. The highest BCUT2D eigenvalue weighted by atomic mass is 16.1. The highest BCUT2D eigenvalue weighted by Gasteiger charge is 2.02. The fourth-order valence-electron chi connectivity index (χ4n) is 1.92. The van der Waals surface area contributed by atoms with Gasteiger partial charge in [0.2, 0.25) is 5.91 Å². The molecule has 3 nitrogen and oxygen atoms in total. The Balaban J connectivity index is 1.78. The number of hydrogen-bond donors (Lipinski definition) is 2. The van der Waals surface area contributed by atoms with E-state index in [0.717, 1.165) is 16.8 Å². The van der Waals surface area contributed by atoms with Gasteiger partial charge in [0.1, 0.15) is 0 Å². The van der Waals surface area contributed by atoms with E-state index in [1.165, 1.54) is 5.56 Å². The van der Waals surface area contributed by atoms with Crippen molar-refractivity contribution in [3.8, 4) is 0 Å². The summed E-state index contributed by atoms with van der Waals surface area (Å²) >= 11 is 0. The minimum Gasteiger partial charge on any atom is -0.376 e. The zero-order valence-electron chi connectivity index (χ0n) is 11.9. The summed E-state index contributed by atoms with van der Waals surface area (Å²) in [6, 6.07) is 16.1. The molecule has 0 radical (unpaired) electrons. The quantitative estimate of drug-likeness (QED) is 0.875. The van der Waals surface area contributed by atoms with Gasteiger partial charge in [-0.05, 0) is 31.0 Å². The van der Waals surface area contributed by atoms with E-state index in [4.69, 9.17) is 0 Å². The maximum Gasteiger partial charge on any atom is 0.239 e. The molecule has 0 heterocycles. The van der Waals surface area contributed by atoms with Crippen molar-refractivity contribution >= 4 is 11.6 Å². The van der Waals surface area contributed by atoms with Gasteiger partial charge in [0.05, 0.1) is 6.54 Å². The predicted molar refractivity (Wildman–Crippen MR) is 82.7 cm³/mol. The van der Waals surface area contributed by atoms with Gasteiger partial charge in [-0.25, -0.2) is 0 Å². The molecular weight excluding hydrogens is 248 g/mol. The molecule has 1 amide bonds. The molecule has 0 aliphatic heterocycles. The minimum absolute atomic E-state index is 0.00571. The Bertz CT molecular complexity index is 576. The molecule has 2 aromatic rings. The van der Waals surface area contributed by atoms with Crippen LogP contribution in [0.4, 0.5) is 5.69 Å². The molecule has 104 valence electrons. The van der Waals surface area contributed by atoms with Gasteiger partial charge in [-0.15, -0.1) is 0 Å². The summed E-state index contributed by atoms with van der Waals surface area (Å²) in [6.07, 6.45) is 0. The number of para-hydroxylation sites is 1. The van der Waals surface area contributed by atoms with E-state index in [0.29, 0.717) is 6.54 Å². The normalized spacial score (nSPS) is 10.1. The van der Waals surface area contributed by atoms with Crippen molar-refractivity contribution in [2.45, 2.75) is 20.4 Å².